The van der Waals surface area contributed by atoms with Crippen molar-refractivity contribution in [2.75, 3.05) is 31.4 Å². The highest BCUT2D eigenvalue weighted by Gasteiger charge is 2.10. The number of likely N-dealkylation sites (N-methyl/N-ethyl adjacent to an activating group) is 1. The van der Waals surface area contributed by atoms with Crippen LogP contribution >= 0.6 is 0 Å². The summed E-state index contributed by atoms with van der Waals surface area (Å²) in [4.78, 5) is 2.00. The molecule has 0 saturated heterocycles. The molecule has 0 aliphatic carbocycles. The number of nitrogens with zero attached hydrogens (tertiary/aromatic N) is 1. The third-order valence-electron chi connectivity index (χ3n) is 2.40. The average Bonchev–Trinajstić information content (AvgIpc) is 2.27. The number of aliphatic hydroxyl groups is 2. The Hall–Kier alpha value is -1.11. The maximum atomic E-state index is 11.3. The number of aliphatic hydroxyl groups excluding tert-OH is 2. The molecule has 6 heteroatoms. The van der Waals surface area contributed by atoms with Gasteiger partial charge in [-0.15, -0.1) is 0 Å². The molecule has 0 radical (unpaired) electrons. The van der Waals surface area contributed by atoms with Gasteiger partial charge in [-0.05, 0) is 24.3 Å². The molecule has 0 heterocycles. The van der Waals surface area contributed by atoms with Crippen LogP contribution in [0.4, 0.5) is 5.69 Å². The van der Waals surface area contributed by atoms with E-state index in [0.29, 0.717) is 0 Å². The monoisotopic (exact) mass is 259 g/mol. The summed E-state index contributed by atoms with van der Waals surface area (Å²) < 4.78 is 22.5. The molecule has 1 atom stereocenters. The Morgan fingerprint density at radius 2 is 1.82 bits per heavy atom. The maximum absolute atomic E-state index is 11.3. The van der Waals surface area contributed by atoms with Gasteiger partial charge in [0.2, 0.25) is 0 Å². The van der Waals surface area contributed by atoms with Crippen molar-refractivity contribution in [2.24, 2.45) is 0 Å². The Labute approximate surface area is 101 Å². The van der Waals surface area contributed by atoms with Gasteiger partial charge in [0.15, 0.2) is 9.84 Å². The molecule has 2 N–H and O–H groups in total. The van der Waals surface area contributed by atoms with Crippen molar-refractivity contribution < 1.29 is 18.6 Å². The molecule has 5 nitrogen and oxygen atoms in total. The van der Waals surface area contributed by atoms with Crippen molar-refractivity contribution in [3.63, 3.8) is 0 Å². The number of hydrogen-bond acceptors (Lipinski definition) is 5. The molecule has 1 unspecified atom stereocenters. The average molecular weight is 259 g/mol. The molecule has 0 amide bonds. The summed E-state index contributed by atoms with van der Waals surface area (Å²) in [5, 5.41) is 18.0. The smallest absolute Gasteiger partial charge is 0.175 e. The Kier molecular flexibility index (Phi) is 4.50. The zero-order chi connectivity index (χ0) is 13.1. The standard InChI is InChI=1S/C11H17NO4S/c1-12(7-10(14)8-13)9-3-5-11(6-4-9)17(2,15)16/h3-6,10,13-14H,7-8H2,1-2H3. The minimum absolute atomic E-state index is 0.261. The molecule has 96 valence electrons. The fourth-order valence-corrected chi connectivity index (χ4v) is 2.06. The predicted octanol–water partition coefficient (Wildman–Crippen LogP) is -0.121. The lowest BCUT2D eigenvalue weighted by molar-refractivity contribution is 0.101. The molecular formula is C11H17NO4S. The first kappa shape index (κ1) is 14.0. The number of hydrogen-bond donors (Lipinski definition) is 2. The number of benzene rings is 1. The first-order chi connectivity index (χ1) is 7.84. The van der Waals surface area contributed by atoms with E-state index in [1.807, 2.05) is 0 Å². The molecule has 0 fully saturated rings. The molecule has 1 rings (SSSR count). The van der Waals surface area contributed by atoms with Crippen LogP contribution in [0.2, 0.25) is 0 Å². The minimum atomic E-state index is -3.18. The summed E-state index contributed by atoms with van der Waals surface area (Å²) in [7, 11) is -1.42. The highest BCUT2D eigenvalue weighted by molar-refractivity contribution is 7.90. The number of anilines is 1. The van der Waals surface area contributed by atoms with E-state index >= 15 is 0 Å². The van der Waals surface area contributed by atoms with Gasteiger partial charge >= 0.3 is 0 Å². The van der Waals surface area contributed by atoms with Gasteiger partial charge < -0.3 is 15.1 Å². The molecule has 0 saturated carbocycles. The van der Waals surface area contributed by atoms with E-state index in [1.54, 1.807) is 24.1 Å². The molecule has 0 spiro atoms. The van der Waals surface area contributed by atoms with E-state index in [9.17, 15) is 13.5 Å². The van der Waals surface area contributed by atoms with Crippen LogP contribution in [0.1, 0.15) is 0 Å². The summed E-state index contributed by atoms with van der Waals surface area (Å²) >= 11 is 0. The van der Waals surface area contributed by atoms with Crippen molar-refractivity contribution in [2.45, 2.75) is 11.0 Å². The highest BCUT2D eigenvalue weighted by atomic mass is 32.2. The fourth-order valence-electron chi connectivity index (χ4n) is 1.43. The van der Waals surface area contributed by atoms with Gasteiger partial charge in [-0.1, -0.05) is 0 Å². The molecule has 1 aromatic carbocycles. The van der Waals surface area contributed by atoms with Gasteiger partial charge in [0, 0.05) is 25.5 Å². The van der Waals surface area contributed by atoms with Gasteiger partial charge in [0.1, 0.15) is 0 Å². The van der Waals surface area contributed by atoms with E-state index < -0.39 is 15.9 Å². The highest BCUT2D eigenvalue weighted by Crippen LogP contribution is 2.16. The van der Waals surface area contributed by atoms with Crippen LogP contribution in [0.3, 0.4) is 0 Å². The fraction of sp³-hybridized carbons (Fsp3) is 0.455. The summed E-state index contributed by atoms with van der Waals surface area (Å²) in [6, 6.07) is 6.37. The molecule has 0 aliphatic rings. The lowest BCUT2D eigenvalue weighted by Crippen LogP contribution is -2.31. The Balaban J connectivity index is 2.81. The SMILES string of the molecule is CN(CC(O)CO)c1ccc(S(C)(=O)=O)cc1. The molecular weight excluding hydrogens is 242 g/mol. The van der Waals surface area contributed by atoms with Crippen LogP contribution in [-0.2, 0) is 9.84 Å². The van der Waals surface area contributed by atoms with Gasteiger partial charge in [0.25, 0.3) is 0 Å². The summed E-state index contributed by atoms with van der Waals surface area (Å²) in [5.74, 6) is 0. The minimum Gasteiger partial charge on any atom is -0.394 e. The van der Waals surface area contributed by atoms with E-state index in [-0.39, 0.29) is 18.0 Å². The van der Waals surface area contributed by atoms with Crippen LogP contribution in [-0.4, -0.2) is 51.2 Å². The summed E-state index contributed by atoms with van der Waals surface area (Å²) in [6.45, 7) is -0.0134. The van der Waals surface area contributed by atoms with Gasteiger partial charge in [-0.25, -0.2) is 8.42 Å². The van der Waals surface area contributed by atoms with Crippen LogP contribution in [0.5, 0.6) is 0 Å². The Morgan fingerprint density at radius 1 is 1.29 bits per heavy atom. The molecule has 1 aromatic rings. The van der Waals surface area contributed by atoms with Crippen molar-refractivity contribution in [1.29, 1.82) is 0 Å². The van der Waals surface area contributed by atoms with Crippen LogP contribution in [0, 0.1) is 0 Å². The molecule has 0 aromatic heterocycles. The van der Waals surface area contributed by atoms with E-state index in [4.69, 9.17) is 5.11 Å². The second kappa shape index (κ2) is 5.48. The van der Waals surface area contributed by atoms with E-state index in [0.717, 1.165) is 11.9 Å². The van der Waals surface area contributed by atoms with Gasteiger partial charge in [0.05, 0.1) is 17.6 Å². The van der Waals surface area contributed by atoms with Crippen molar-refractivity contribution in [3.05, 3.63) is 24.3 Å². The van der Waals surface area contributed by atoms with Crippen molar-refractivity contribution in [1.82, 2.24) is 0 Å². The van der Waals surface area contributed by atoms with E-state index in [1.165, 1.54) is 12.1 Å². The first-order valence-corrected chi connectivity index (χ1v) is 7.04. The second-order valence-corrected chi connectivity index (χ2v) is 6.00. The van der Waals surface area contributed by atoms with Crippen LogP contribution < -0.4 is 4.90 Å². The zero-order valence-electron chi connectivity index (χ0n) is 9.87. The molecule has 0 aliphatic heterocycles. The Bertz CT molecular complexity index is 455. The predicted molar refractivity (Wildman–Crippen MR) is 65.9 cm³/mol. The third-order valence-corrected chi connectivity index (χ3v) is 3.53. The summed E-state index contributed by atoms with van der Waals surface area (Å²) in [5.41, 5.74) is 0.782. The van der Waals surface area contributed by atoms with Crippen LogP contribution in [0.15, 0.2) is 29.2 Å². The van der Waals surface area contributed by atoms with Crippen LogP contribution in [0.25, 0.3) is 0 Å². The Morgan fingerprint density at radius 3 is 2.24 bits per heavy atom. The quantitative estimate of drug-likeness (QED) is 0.771. The summed E-state index contributed by atoms with van der Waals surface area (Å²) in [6.07, 6.45) is 0.343. The largest absolute Gasteiger partial charge is 0.394 e. The zero-order valence-corrected chi connectivity index (χ0v) is 10.7. The molecule has 17 heavy (non-hydrogen) atoms. The van der Waals surface area contributed by atoms with Crippen molar-refractivity contribution in [3.8, 4) is 0 Å². The normalized spacial score (nSPS) is 13.4. The van der Waals surface area contributed by atoms with Crippen molar-refractivity contribution >= 4 is 15.5 Å². The molecule has 0 bridgehead atoms. The first-order valence-electron chi connectivity index (χ1n) is 5.15. The maximum Gasteiger partial charge on any atom is 0.175 e. The number of rotatable bonds is 5. The third kappa shape index (κ3) is 3.99. The topological polar surface area (TPSA) is 77.8 Å². The van der Waals surface area contributed by atoms with Gasteiger partial charge in [-0.3, -0.25) is 0 Å². The second-order valence-electron chi connectivity index (χ2n) is 3.98. The van der Waals surface area contributed by atoms with E-state index in [2.05, 4.69) is 0 Å². The lowest BCUT2D eigenvalue weighted by Gasteiger charge is -2.21. The number of sulfone groups is 1. The van der Waals surface area contributed by atoms with Gasteiger partial charge in [-0.2, -0.15) is 0 Å². The lowest BCUT2D eigenvalue weighted by atomic mass is 10.2.